The summed E-state index contributed by atoms with van der Waals surface area (Å²) in [6, 6.07) is 0. The Morgan fingerprint density at radius 3 is 2.94 bits per heavy atom. The zero-order valence-corrected chi connectivity index (χ0v) is 10.2. The fourth-order valence-corrected chi connectivity index (χ4v) is 2.02. The Kier molecular flexibility index (Phi) is 4.87. The SMILES string of the molecule is C=C(CCl)[C@@H]1CCC(O)=C(C(=O)OCC)C1. The van der Waals surface area contributed by atoms with E-state index in [9.17, 15) is 9.90 Å². The van der Waals surface area contributed by atoms with Crippen molar-refractivity contribution in [1.82, 2.24) is 0 Å². The van der Waals surface area contributed by atoms with Crippen molar-refractivity contribution in [2.75, 3.05) is 12.5 Å². The summed E-state index contributed by atoms with van der Waals surface area (Å²) in [4.78, 5) is 11.6. The number of hydrogen-bond acceptors (Lipinski definition) is 3. The average molecular weight is 245 g/mol. The fourth-order valence-electron chi connectivity index (χ4n) is 1.81. The number of allylic oxidation sites excluding steroid dienone is 2. The topological polar surface area (TPSA) is 46.5 Å². The van der Waals surface area contributed by atoms with Crippen LogP contribution in [0.1, 0.15) is 26.2 Å². The lowest BCUT2D eigenvalue weighted by molar-refractivity contribution is -0.139. The zero-order chi connectivity index (χ0) is 12.1. The van der Waals surface area contributed by atoms with E-state index >= 15 is 0 Å². The molecule has 0 aromatic heterocycles. The van der Waals surface area contributed by atoms with Crippen molar-refractivity contribution >= 4 is 17.6 Å². The van der Waals surface area contributed by atoms with Gasteiger partial charge in [-0.25, -0.2) is 4.79 Å². The molecule has 1 N–H and O–H groups in total. The van der Waals surface area contributed by atoms with Crippen molar-refractivity contribution < 1.29 is 14.6 Å². The van der Waals surface area contributed by atoms with Crippen LogP contribution in [-0.2, 0) is 9.53 Å². The second kappa shape index (κ2) is 5.94. The van der Waals surface area contributed by atoms with Crippen LogP contribution in [-0.4, -0.2) is 23.6 Å². The van der Waals surface area contributed by atoms with Crippen LogP contribution in [0, 0.1) is 5.92 Å². The summed E-state index contributed by atoms with van der Waals surface area (Å²) < 4.78 is 4.89. The van der Waals surface area contributed by atoms with E-state index in [-0.39, 0.29) is 11.7 Å². The first-order chi connectivity index (χ1) is 7.60. The Balaban J connectivity index is 2.75. The molecule has 0 aliphatic heterocycles. The summed E-state index contributed by atoms with van der Waals surface area (Å²) in [6.45, 7) is 5.93. The van der Waals surface area contributed by atoms with Gasteiger partial charge in [0.25, 0.3) is 0 Å². The predicted molar refractivity (Wildman–Crippen MR) is 63.5 cm³/mol. The highest BCUT2D eigenvalue weighted by molar-refractivity contribution is 6.19. The first kappa shape index (κ1) is 13.1. The lowest BCUT2D eigenvalue weighted by atomic mass is 9.83. The Morgan fingerprint density at radius 2 is 2.38 bits per heavy atom. The maximum Gasteiger partial charge on any atom is 0.337 e. The number of carbonyl (C=O) groups is 1. The van der Waals surface area contributed by atoms with Crippen molar-refractivity contribution in [3.05, 3.63) is 23.5 Å². The highest BCUT2D eigenvalue weighted by Crippen LogP contribution is 2.33. The summed E-state index contributed by atoms with van der Waals surface area (Å²) in [5.41, 5.74) is 1.29. The molecule has 0 amide bonds. The molecule has 1 rings (SSSR count). The van der Waals surface area contributed by atoms with E-state index in [0.717, 1.165) is 12.0 Å². The number of ether oxygens (including phenoxy) is 1. The zero-order valence-electron chi connectivity index (χ0n) is 9.46. The maximum atomic E-state index is 11.6. The van der Waals surface area contributed by atoms with Gasteiger partial charge in [-0.15, -0.1) is 11.6 Å². The highest BCUT2D eigenvalue weighted by Gasteiger charge is 2.27. The van der Waals surface area contributed by atoms with Gasteiger partial charge in [-0.2, -0.15) is 0 Å². The van der Waals surface area contributed by atoms with Crippen LogP contribution in [0.4, 0.5) is 0 Å². The van der Waals surface area contributed by atoms with Crippen molar-refractivity contribution in [1.29, 1.82) is 0 Å². The van der Waals surface area contributed by atoms with Gasteiger partial charge in [0, 0.05) is 12.3 Å². The first-order valence-electron chi connectivity index (χ1n) is 5.41. The second-order valence-electron chi connectivity index (χ2n) is 3.88. The smallest absolute Gasteiger partial charge is 0.337 e. The second-order valence-corrected chi connectivity index (χ2v) is 4.14. The molecule has 0 bridgehead atoms. The highest BCUT2D eigenvalue weighted by atomic mass is 35.5. The van der Waals surface area contributed by atoms with Crippen LogP contribution in [0.25, 0.3) is 0 Å². The quantitative estimate of drug-likeness (QED) is 0.470. The van der Waals surface area contributed by atoms with Crippen molar-refractivity contribution in [3.63, 3.8) is 0 Å². The Hall–Kier alpha value is -0.960. The number of carbonyl (C=O) groups excluding carboxylic acids is 1. The Labute approximate surface area is 101 Å². The lowest BCUT2D eigenvalue weighted by Crippen LogP contribution is -2.19. The van der Waals surface area contributed by atoms with Crippen LogP contribution in [0.5, 0.6) is 0 Å². The van der Waals surface area contributed by atoms with Gasteiger partial charge in [-0.1, -0.05) is 12.2 Å². The molecule has 0 aromatic rings. The van der Waals surface area contributed by atoms with E-state index in [1.807, 2.05) is 0 Å². The van der Waals surface area contributed by atoms with E-state index in [1.54, 1.807) is 6.92 Å². The molecule has 4 heteroatoms. The van der Waals surface area contributed by atoms with Crippen LogP contribution < -0.4 is 0 Å². The summed E-state index contributed by atoms with van der Waals surface area (Å²) >= 11 is 5.72. The van der Waals surface area contributed by atoms with E-state index in [1.165, 1.54) is 0 Å². The lowest BCUT2D eigenvalue weighted by Gasteiger charge is -2.24. The summed E-state index contributed by atoms with van der Waals surface area (Å²) in [6.07, 6.45) is 1.77. The normalized spacial score (nSPS) is 20.8. The molecule has 0 saturated carbocycles. The summed E-state index contributed by atoms with van der Waals surface area (Å²) in [7, 11) is 0. The van der Waals surface area contributed by atoms with Gasteiger partial charge in [0.1, 0.15) is 5.76 Å². The van der Waals surface area contributed by atoms with E-state index in [0.29, 0.717) is 30.9 Å². The largest absolute Gasteiger partial charge is 0.512 e. The molecule has 1 aliphatic rings. The van der Waals surface area contributed by atoms with Crippen LogP contribution in [0.15, 0.2) is 23.5 Å². The van der Waals surface area contributed by atoms with Gasteiger partial charge < -0.3 is 9.84 Å². The minimum Gasteiger partial charge on any atom is -0.512 e. The third-order valence-electron chi connectivity index (χ3n) is 2.80. The Bertz CT molecular complexity index is 320. The standard InChI is InChI=1S/C12H17ClO3/c1-3-16-12(15)10-6-9(8(2)7-13)4-5-11(10)14/h9,14H,2-7H2,1H3/t9-/m1/s1. The van der Waals surface area contributed by atoms with Gasteiger partial charge >= 0.3 is 5.97 Å². The first-order valence-corrected chi connectivity index (χ1v) is 5.95. The van der Waals surface area contributed by atoms with Crippen molar-refractivity contribution in [2.45, 2.75) is 26.2 Å². The van der Waals surface area contributed by atoms with Crippen molar-refractivity contribution in [2.24, 2.45) is 5.92 Å². The number of esters is 1. The van der Waals surface area contributed by atoms with E-state index in [4.69, 9.17) is 16.3 Å². The molecule has 0 heterocycles. The van der Waals surface area contributed by atoms with Gasteiger partial charge in [-0.05, 0) is 25.7 Å². The van der Waals surface area contributed by atoms with Crippen molar-refractivity contribution in [3.8, 4) is 0 Å². The molecule has 0 fully saturated rings. The summed E-state index contributed by atoms with van der Waals surface area (Å²) in [5, 5.41) is 9.65. The molecule has 1 atom stereocenters. The van der Waals surface area contributed by atoms with E-state index < -0.39 is 5.97 Å². The molecule has 0 unspecified atom stereocenters. The van der Waals surface area contributed by atoms with Gasteiger partial charge in [0.2, 0.25) is 0 Å². The molecule has 0 aromatic carbocycles. The predicted octanol–water partition coefficient (Wildman–Crippen LogP) is 2.96. The minimum absolute atomic E-state index is 0.150. The maximum absolute atomic E-state index is 11.6. The number of aliphatic hydroxyl groups is 1. The van der Waals surface area contributed by atoms with E-state index in [2.05, 4.69) is 6.58 Å². The number of aliphatic hydroxyl groups excluding tert-OH is 1. The minimum atomic E-state index is -0.424. The summed E-state index contributed by atoms with van der Waals surface area (Å²) in [5.74, 6) is 0.290. The number of hydrogen-bond donors (Lipinski definition) is 1. The number of halogens is 1. The monoisotopic (exact) mass is 244 g/mol. The number of rotatable bonds is 4. The van der Waals surface area contributed by atoms with Crippen LogP contribution in [0.2, 0.25) is 0 Å². The van der Waals surface area contributed by atoms with Gasteiger partial charge in [-0.3, -0.25) is 0 Å². The molecule has 0 radical (unpaired) electrons. The molecule has 0 spiro atoms. The van der Waals surface area contributed by atoms with Crippen LogP contribution >= 0.6 is 11.6 Å². The average Bonchev–Trinajstić information content (AvgIpc) is 2.29. The molecule has 90 valence electrons. The third kappa shape index (κ3) is 3.01. The molecular weight excluding hydrogens is 228 g/mol. The van der Waals surface area contributed by atoms with Crippen LogP contribution in [0.3, 0.4) is 0 Å². The molecule has 1 aliphatic carbocycles. The molecular formula is C12H17ClO3. The third-order valence-corrected chi connectivity index (χ3v) is 3.14. The Morgan fingerprint density at radius 1 is 1.69 bits per heavy atom. The van der Waals surface area contributed by atoms with Gasteiger partial charge in [0.05, 0.1) is 12.2 Å². The van der Waals surface area contributed by atoms with Gasteiger partial charge in [0.15, 0.2) is 0 Å². The molecule has 3 nitrogen and oxygen atoms in total. The fraction of sp³-hybridized carbons (Fsp3) is 0.583. The molecule has 16 heavy (non-hydrogen) atoms. The molecule has 0 saturated heterocycles. The number of alkyl halides is 1.